The summed E-state index contributed by atoms with van der Waals surface area (Å²) in [6.45, 7) is 0.488. The van der Waals surface area contributed by atoms with Crippen LogP contribution >= 0.6 is 0 Å². The van der Waals surface area contributed by atoms with Crippen molar-refractivity contribution in [2.45, 2.75) is 13.0 Å². The van der Waals surface area contributed by atoms with Gasteiger partial charge in [0.1, 0.15) is 6.07 Å². The van der Waals surface area contributed by atoms with Crippen LogP contribution in [0, 0.1) is 11.3 Å². The third-order valence-electron chi connectivity index (χ3n) is 2.98. The van der Waals surface area contributed by atoms with Crippen molar-refractivity contribution in [3.63, 3.8) is 0 Å². The fraction of sp³-hybridized carbons (Fsp3) is 0.125. The van der Waals surface area contributed by atoms with E-state index in [0.29, 0.717) is 12.1 Å². The summed E-state index contributed by atoms with van der Waals surface area (Å²) in [5.41, 5.74) is 3.02. The molecule has 20 heavy (non-hydrogen) atoms. The maximum atomic E-state index is 10.8. The van der Waals surface area contributed by atoms with Gasteiger partial charge in [0.2, 0.25) is 0 Å². The van der Waals surface area contributed by atoms with Crippen LogP contribution in [-0.4, -0.2) is 11.1 Å². The summed E-state index contributed by atoms with van der Waals surface area (Å²) in [4.78, 5) is 10.8. The Morgan fingerprint density at radius 1 is 1.10 bits per heavy atom. The monoisotopic (exact) mass is 266 g/mol. The first-order chi connectivity index (χ1) is 9.70. The van der Waals surface area contributed by atoms with E-state index in [1.54, 1.807) is 12.1 Å². The van der Waals surface area contributed by atoms with Gasteiger partial charge in [-0.25, -0.2) is 0 Å². The van der Waals surface area contributed by atoms with Gasteiger partial charge in [0.05, 0.1) is 17.7 Å². The number of carboxylic acids is 1. The molecule has 2 aromatic rings. The first kappa shape index (κ1) is 13.6. The lowest BCUT2D eigenvalue weighted by molar-refractivity contribution is -0.136. The summed E-state index contributed by atoms with van der Waals surface area (Å²) in [7, 11) is 0. The highest BCUT2D eigenvalue weighted by atomic mass is 16.4. The average Bonchev–Trinajstić information content (AvgIpc) is 2.46. The van der Waals surface area contributed by atoms with E-state index in [1.165, 1.54) is 0 Å². The molecule has 4 heteroatoms. The molecule has 0 aliphatic rings. The molecule has 0 radical (unpaired) electrons. The van der Waals surface area contributed by atoms with Crippen molar-refractivity contribution in [3.05, 3.63) is 65.2 Å². The van der Waals surface area contributed by atoms with Gasteiger partial charge in [-0.3, -0.25) is 4.79 Å². The van der Waals surface area contributed by atoms with E-state index < -0.39 is 5.97 Å². The summed E-state index contributed by atoms with van der Waals surface area (Å²) in [5.74, 6) is -0.852. The van der Waals surface area contributed by atoms with E-state index in [9.17, 15) is 4.79 Å². The second kappa shape index (κ2) is 6.39. The summed E-state index contributed by atoms with van der Waals surface area (Å²) < 4.78 is 0. The lowest BCUT2D eigenvalue weighted by atomic mass is 10.0. The number of carbonyl (C=O) groups is 1. The van der Waals surface area contributed by atoms with Gasteiger partial charge in [-0.15, -0.1) is 0 Å². The summed E-state index contributed by atoms with van der Waals surface area (Å²) >= 11 is 0. The molecular formula is C16H14N2O2. The zero-order valence-electron chi connectivity index (χ0n) is 10.8. The summed E-state index contributed by atoms with van der Waals surface area (Å²) in [5, 5.41) is 21.1. The molecule has 100 valence electrons. The zero-order valence-corrected chi connectivity index (χ0v) is 10.8. The van der Waals surface area contributed by atoms with E-state index in [2.05, 4.69) is 11.4 Å². The molecule has 2 aromatic carbocycles. The van der Waals surface area contributed by atoms with Crippen molar-refractivity contribution < 1.29 is 9.90 Å². The molecule has 0 saturated heterocycles. The van der Waals surface area contributed by atoms with Crippen molar-refractivity contribution in [1.82, 2.24) is 0 Å². The number of anilines is 1. The quantitative estimate of drug-likeness (QED) is 0.872. The molecule has 2 N–H and O–H groups in total. The number of hydrogen-bond donors (Lipinski definition) is 2. The highest BCUT2D eigenvalue weighted by molar-refractivity contribution is 5.70. The summed E-state index contributed by atoms with van der Waals surface area (Å²) in [6, 6.07) is 16.8. The number of aliphatic carboxylic acids is 1. The SMILES string of the molecule is N#Cc1ccccc1NCc1ccccc1CC(=O)O. The number of benzene rings is 2. The fourth-order valence-corrected chi connectivity index (χ4v) is 1.99. The van der Waals surface area contributed by atoms with E-state index in [0.717, 1.165) is 16.8 Å². The molecule has 0 heterocycles. The van der Waals surface area contributed by atoms with Crippen LogP contribution in [0.25, 0.3) is 0 Å². The number of nitrogens with zero attached hydrogens (tertiary/aromatic N) is 1. The van der Waals surface area contributed by atoms with Crippen LogP contribution in [0.1, 0.15) is 16.7 Å². The van der Waals surface area contributed by atoms with E-state index >= 15 is 0 Å². The van der Waals surface area contributed by atoms with Gasteiger partial charge in [-0.1, -0.05) is 36.4 Å². The van der Waals surface area contributed by atoms with Gasteiger partial charge in [0, 0.05) is 6.54 Å². The van der Waals surface area contributed by atoms with Gasteiger partial charge < -0.3 is 10.4 Å². The summed E-state index contributed by atoms with van der Waals surface area (Å²) in [6.07, 6.45) is -0.00223. The molecule has 0 aliphatic heterocycles. The van der Waals surface area contributed by atoms with Gasteiger partial charge in [-0.2, -0.15) is 5.26 Å². The number of nitriles is 1. The molecule has 0 aliphatic carbocycles. The molecule has 4 nitrogen and oxygen atoms in total. The van der Waals surface area contributed by atoms with Crippen molar-refractivity contribution in [2.24, 2.45) is 0 Å². The number of rotatable bonds is 5. The van der Waals surface area contributed by atoms with Crippen molar-refractivity contribution in [2.75, 3.05) is 5.32 Å². The van der Waals surface area contributed by atoms with Crippen LogP contribution in [0.2, 0.25) is 0 Å². The second-order valence-corrected chi connectivity index (χ2v) is 4.35. The van der Waals surface area contributed by atoms with E-state index in [4.69, 9.17) is 10.4 Å². The lowest BCUT2D eigenvalue weighted by Crippen LogP contribution is -2.07. The minimum atomic E-state index is -0.852. The molecule has 0 atom stereocenters. The van der Waals surface area contributed by atoms with E-state index in [-0.39, 0.29) is 6.42 Å². The first-order valence-corrected chi connectivity index (χ1v) is 6.22. The lowest BCUT2D eigenvalue weighted by Gasteiger charge is -2.11. The standard InChI is InChI=1S/C16H14N2O2/c17-10-13-6-3-4-8-15(13)18-11-14-7-2-1-5-12(14)9-16(19)20/h1-8,18H,9,11H2,(H,19,20). The van der Waals surface area contributed by atoms with Crippen LogP contribution in [-0.2, 0) is 17.8 Å². The predicted molar refractivity (Wildman–Crippen MR) is 76.3 cm³/mol. The minimum absolute atomic E-state index is 0.00223. The number of carboxylic acid groups (broad SMARTS) is 1. The molecule has 0 fully saturated rings. The highest BCUT2D eigenvalue weighted by Gasteiger charge is 2.07. The van der Waals surface area contributed by atoms with Crippen molar-refractivity contribution >= 4 is 11.7 Å². The Kier molecular flexibility index (Phi) is 4.35. The Balaban J connectivity index is 2.15. The molecular weight excluding hydrogens is 252 g/mol. The Morgan fingerprint density at radius 2 is 1.75 bits per heavy atom. The molecule has 0 unspecified atom stereocenters. The maximum Gasteiger partial charge on any atom is 0.307 e. The molecule has 0 saturated carbocycles. The first-order valence-electron chi connectivity index (χ1n) is 6.22. The smallest absolute Gasteiger partial charge is 0.307 e. The molecule has 0 amide bonds. The fourth-order valence-electron chi connectivity index (χ4n) is 1.99. The van der Waals surface area contributed by atoms with Gasteiger partial charge in [0.25, 0.3) is 0 Å². The molecule has 0 spiro atoms. The van der Waals surface area contributed by atoms with Crippen LogP contribution in [0.3, 0.4) is 0 Å². The van der Waals surface area contributed by atoms with Gasteiger partial charge in [-0.05, 0) is 23.3 Å². The largest absolute Gasteiger partial charge is 0.481 e. The maximum absolute atomic E-state index is 10.8. The Bertz CT molecular complexity index is 660. The van der Waals surface area contributed by atoms with Crippen LogP contribution in [0.5, 0.6) is 0 Å². The van der Waals surface area contributed by atoms with Crippen LogP contribution < -0.4 is 5.32 Å². The Hall–Kier alpha value is -2.80. The van der Waals surface area contributed by atoms with Crippen molar-refractivity contribution in [1.29, 1.82) is 5.26 Å². The highest BCUT2D eigenvalue weighted by Crippen LogP contribution is 2.16. The number of hydrogen-bond acceptors (Lipinski definition) is 3. The Labute approximate surface area is 117 Å². The van der Waals surface area contributed by atoms with Crippen LogP contribution in [0.4, 0.5) is 5.69 Å². The normalized spacial score (nSPS) is 9.75. The molecule has 2 rings (SSSR count). The number of nitrogens with one attached hydrogen (secondary N) is 1. The van der Waals surface area contributed by atoms with Gasteiger partial charge in [0.15, 0.2) is 0 Å². The second-order valence-electron chi connectivity index (χ2n) is 4.35. The van der Waals surface area contributed by atoms with Crippen molar-refractivity contribution in [3.8, 4) is 6.07 Å². The number of para-hydroxylation sites is 1. The average molecular weight is 266 g/mol. The third-order valence-corrected chi connectivity index (χ3v) is 2.98. The van der Waals surface area contributed by atoms with E-state index in [1.807, 2.05) is 36.4 Å². The molecule has 0 bridgehead atoms. The van der Waals surface area contributed by atoms with Gasteiger partial charge >= 0.3 is 5.97 Å². The van der Waals surface area contributed by atoms with Crippen LogP contribution in [0.15, 0.2) is 48.5 Å². The zero-order chi connectivity index (χ0) is 14.4. The minimum Gasteiger partial charge on any atom is -0.481 e. The molecule has 0 aromatic heterocycles. The topological polar surface area (TPSA) is 73.1 Å². The predicted octanol–water partition coefficient (Wildman–Crippen LogP) is 2.80. The Morgan fingerprint density at radius 3 is 2.45 bits per heavy atom. The third kappa shape index (κ3) is 3.36.